The largest absolute Gasteiger partial charge is 0.479 e. The van der Waals surface area contributed by atoms with Crippen molar-refractivity contribution in [1.82, 2.24) is 34.5 Å². The number of halogens is 2. The molecule has 0 bridgehead atoms. The third kappa shape index (κ3) is 4.54. The van der Waals surface area contributed by atoms with E-state index in [0.29, 0.717) is 35.8 Å². The summed E-state index contributed by atoms with van der Waals surface area (Å²) in [6.07, 6.45) is 2.22. The fourth-order valence-corrected chi connectivity index (χ4v) is 5.46. The van der Waals surface area contributed by atoms with Gasteiger partial charge in [-0.05, 0) is 43.0 Å². The maximum Gasteiger partial charge on any atom is 0.248 e. The molecular weight excluding hydrogens is 510 g/mol. The molecule has 1 aliphatic heterocycles. The summed E-state index contributed by atoms with van der Waals surface area (Å²) < 4.78 is 37.2. The van der Waals surface area contributed by atoms with Gasteiger partial charge in [-0.15, -0.1) is 10.2 Å². The van der Waals surface area contributed by atoms with Gasteiger partial charge in [0.1, 0.15) is 30.5 Å². The molecule has 2 fully saturated rings. The van der Waals surface area contributed by atoms with Crippen LogP contribution in [0.5, 0.6) is 5.88 Å². The molecule has 13 heteroatoms. The van der Waals surface area contributed by atoms with Crippen LogP contribution in [-0.4, -0.2) is 91.2 Å². The monoisotopic (exact) mass is 540 g/mol. The highest BCUT2D eigenvalue weighted by molar-refractivity contribution is 5.90. The lowest BCUT2D eigenvalue weighted by molar-refractivity contribution is -0.136. The number of nitrogens with zero attached hydrogens (tertiary/aromatic N) is 7. The molecule has 3 aromatic heterocycles. The van der Waals surface area contributed by atoms with Crippen LogP contribution in [0.15, 0.2) is 24.3 Å². The second kappa shape index (κ2) is 10.4. The Hall–Kier alpha value is -3.87. The Kier molecular flexibility index (Phi) is 6.75. The number of piperidine rings is 1. The Morgan fingerprint density at radius 3 is 2.79 bits per heavy atom. The zero-order valence-electron chi connectivity index (χ0n) is 21.6. The lowest BCUT2D eigenvalue weighted by Gasteiger charge is -2.34. The summed E-state index contributed by atoms with van der Waals surface area (Å²) in [6.45, 7) is -0.837. The Morgan fingerprint density at radius 1 is 1.26 bits per heavy atom. The van der Waals surface area contributed by atoms with Crippen molar-refractivity contribution in [3.63, 3.8) is 0 Å². The van der Waals surface area contributed by atoms with E-state index in [1.165, 1.54) is 12.0 Å². The number of fused-ring (bicyclic) bond motifs is 2. The van der Waals surface area contributed by atoms with Crippen molar-refractivity contribution in [3.05, 3.63) is 30.0 Å². The van der Waals surface area contributed by atoms with E-state index in [9.17, 15) is 13.6 Å². The summed E-state index contributed by atoms with van der Waals surface area (Å²) in [5.74, 6) is 0.411. The number of hydrogen-bond donors (Lipinski definition) is 2. The number of amides is 1. The number of anilines is 1. The molecule has 2 aliphatic rings. The zero-order chi connectivity index (χ0) is 27.1. The molecule has 2 N–H and O–H groups in total. The summed E-state index contributed by atoms with van der Waals surface area (Å²) in [5.41, 5.74) is 4.86. The van der Waals surface area contributed by atoms with Crippen LogP contribution in [0.1, 0.15) is 37.3 Å². The van der Waals surface area contributed by atoms with Gasteiger partial charge in [-0.1, -0.05) is 17.7 Å². The molecule has 1 saturated heterocycles. The van der Waals surface area contributed by atoms with Gasteiger partial charge < -0.3 is 20.1 Å². The number of carbonyl (C=O) groups excluding carboxylic acids is 1. The van der Waals surface area contributed by atoms with Crippen molar-refractivity contribution in [2.75, 3.05) is 38.8 Å². The Balaban J connectivity index is 1.39. The van der Waals surface area contributed by atoms with E-state index < -0.39 is 31.4 Å². The topological polar surface area (TPSA) is 123 Å². The summed E-state index contributed by atoms with van der Waals surface area (Å²) in [6, 6.07) is 7.24. The highest BCUT2D eigenvalue weighted by Gasteiger charge is 2.33. The number of ether oxygens (including phenoxy) is 1. The van der Waals surface area contributed by atoms with Crippen LogP contribution in [0.2, 0.25) is 0 Å². The first-order valence-corrected chi connectivity index (χ1v) is 13.2. The summed E-state index contributed by atoms with van der Waals surface area (Å²) in [4.78, 5) is 17.7. The van der Waals surface area contributed by atoms with Gasteiger partial charge in [0.15, 0.2) is 0 Å². The number of methoxy groups -OCH3 is 1. The number of hydrogen-bond acceptors (Lipinski definition) is 8. The average Bonchev–Trinajstić information content (AvgIpc) is 3.49. The number of aliphatic hydroxyl groups is 1. The number of aromatic nitrogens is 6. The fourth-order valence-electron chi connectivity index (χ4n) is 5.46. The van der Waals surface area contributed by atoms with Crippen molar-refractivity contribution < 1.29 is 23.4 Å². The van der Waals surface area contributed by atoms with Crippen LogP contribution >= 0.6 is 0 Å². The highest BCUT2D eigenvalue weighted by Crippen LogP contribution is 2.42. The summed E-state index contributed by atoms with van der Waals surface area (Å²) in [5, 5.41) is 25.2. The molecule has 4 aromatic rings. The number of aryl methyl sites for hydroxylation is 1. The number of rotatable bonds is 8. The Labute approximate surface area is 222 Å². The van der Waals surface area contributed by atoms with E-state index in [1.807, 2.05) is 22.7 Å². The average molecular weight is 541 g/mol. The maximum atomic E-state index is 15.0. The van der Waals surface area contributed by atoms with E-state index in [4.69, 9.17) is 14.9 Å². The molecule has 1 saturated carbocycles. The standard InChI is InChI=1S/C26H30F2N8O3/c1-39-25-24-17(16-5-6-20-22(11-16)35(10-8-27)33-31-20)12-21(15-3-2-4-15)36(24)32-26(30-25)29-19-7-9-34(13-18(19)28)23(38)14-37/h5-6,11-12,15,18-19,37H,2-4,7-10,13-14H2,1H3,(H,29,32)/t18-,19+/m1/s1. The van der Waals surface area contributed by atoms with E-state index in [1.54, 1.807) is 4.68 Å². The molecule has 0 radical (unpaired) electrons. The summed E-state index contributed by atoms with van der Waals surface area (Å²) >= 11 is 0. The SMILES string of the molecule is COc1nc(N[C@H]2CCN(C(=O)CO)C[C@H]2F)nn2c(C3CCC3)cc(-c3ccc4nnn(CCF)c4c3)c12. The van der Waals surface area contributed by atoms with Gasteiger partial charge in [0.25, 0.3) is 0 Å². The van der Waals surface area contributed by atoms with Gasteiger partial charge in [-0.3, -0.25) is 4.79 Å². The van der Waals surface area contributed by atoms with E-state index in [2.05, 4.69) is 26.7 Å². The van der Waals surface area contributed by atoms with Crippen LogP contribution < -0.4 is 10.1 Å². The lowest BCUT2D eigenvalue weighted by Crippen LogP contribution is -2.50. The molecule has 1 amide bonds. The van der Waals surface area contributed by atoms with Gasteiger partial charge in [-0.2, -0.15) is 4.98 Å². The molecular formula is C26H30F2N8O3. The molecule has 1 aromatic carbocycles. The van der Waals surface area contributed by atoms with Gasteiger partial charge in [0.05, 0.1) is 31.8 Å². The number of alkyl halides is 2. The number of carbonyl (C=O) groups is 1. The third-order valence-electron chi connectivity index (χ3n) is 7.79. The molecule has 2 atom stereocenters. The first-order chi connectivity index (χ1) is 19.0. The first kappa shape index (κ1) is 25.4. The van der Waals surface area contributed by atoms with E-state index >= 15 is 0 Å². The fraction of sp³-hybridized carbons (Fsp3) is 0.500. The maximum absolute atomic E-state index is 15.0. The van der Waals surface area contributed by atoms with E-state index in [-0.39, 0.29) is 19.0 Å². The smallest absolute Gasteiger partial charge is 0.248 e. The lowest BCUT2D eigenvalue weighted by atomic mass is 9.83. The minimum atomic E-state index is -1.35. The van der Waals surface area contributed by atoms with Crippen LogP contribution in [-0.2, 0) is 11.3 Å². The van der Waals surface area contributed by atoms with Gasteiger partial charge >= 0.3 is 0 Å². The van der Waals surface area contributed by atoms with Crippen molar-refractivity contribution in [2.45, 2.75) is 50.4 Å². The normalized spacial score (nSPS) is 19.9. The molecule has 0 unspecified atom stereocenters. The minimum Gasteiger partial charge on any atom is -0.479 e. The van der Waals surface area contributed by atoms with Gasteiger partial charge in [-0.25, -0.2) is 18.0 Å². The van der Waals surface area contributed by atoms with Crippen LogP contribution in [0.25, 0.3) is 27.7 Å². The number of nitrogens with one attached hydrogen (secondary N) is 1. The predicted octanol–water partition coefficient (Wildman–Crippen LogP) is 2.73. The third-order valence-corrected chi connectivity index (χ3v) is 7.79. The highest BCUT2D eigenvalue weighted by atomic mass is 19.1. The Bertz CT molecular complexity index is 1520. The van der Waals surface area contributed by atoms with Crippen molar-refractivity contribution in [1.29, 1.82) is 0 Å². The first-order valence-electron chi connectivity index (χ1n) is 13.2. The minimum absolute atomic E-state index is 0.103. The second-order valence-corrected chi connectivity index (χ2v) is 10.1. The predicted molar refractivity (Wildman–Crippen MR) is 139 cm³/mol. The quantitative estimate of drug-likeness (QED) is 0.350. The molecule has 0 spiro atoms. The number of benzene rings is 1. The molecule has 4 heterocycles. The zero-order valence-corrected chi connectivity index (χ0v) is 21.6. The van der Waals surface area contributed by atoms with Crippen LogP contribution in [0, 0.1) is 0 Å². The molecule has 1 aliphatic carbocycles. The van der Waals surface area contributed by atoms with Crippen LogP contribution in [0.4, 0.5) is 14.7 Å². The van der Waals surface area contributed by atoms with Crippen molar-refractivity contribution in [3.8, 4) is 17.0 Å². The van der Waals surface area contributed by atoms with Crippen molar-refractivity contribution >= 4 is 28.4 Å². The van der Waals surface area contributed by atoms with Crippen molar-refractivity contribution in [2.24, 2.45) is 0 Å². The molecule has 206 valence electrons. The number of likely N-dealkylation sites (tertiary alicyclic amines) is 1. The Morgan fingerprint density at radius 2 is 2.10 bits per heavy atom. The summed E-state index contributed by atoms with van der Waals surface area (Å²) in [7, 11) is 1.53. The second-order valence-electron chi connectivity index (χ2n) is 10.1. The van der Waals surface area contributed by atoms with Gasteiger partial charge in [0.2, 0.25) is 17.7 Å². The molecule has 11 nitrogen and oxygen atoms in total. The van der Waals surface area contributed by atoms with Crippen LogP contribution in [0.3, 0.4) is 0 Å². The van der Waals surface area contributed by atoms with E-state index in [0.717, 1.165) is 41.6 Å². The number of aliphatic hydroxyl groups excluding tert-OH is 1. The molecule has 6 rings (SSSR count). The molecule has 39 heavy (non-hydrogen) atoms. The van der Waals surface area contributed by atoms with Gasteiger partial charge in [0, 0.05) is 23.7 Å².